The second-order valence-electron chi connectivity index (χ2n) is 9.84. The molecule has 11 nitrogen and oxygen atoms in total. The SMILES string of the molecule is CCCNC(=O)[C@H](OC(=O)CCCCCCCCN)[C@@H](OC(=O)CCCCCCCCNO)C(=O)NCCC. The highest BCUT2D eigenvalue weighted by molar-refractivity contribution is 5.93. The zero-order chi connectivity index (χ0) is 29.1. The summed E-state index contributed by atoms with van der Waals surface area (Å²) in [7, 11) is 0. The lowest BCUT2D eigenvalue weighted by Gasteiger charge is -2.25. The van der Waals surface area contributed by atoms with E-state index >= 15 is 0 Å². The van der Waals surface area contributed by atoms with E-state index in [-0.39, 0.29) is 12.8 Å². The Bertz CT molecular complexity index is 664. The molecule has 0 radical (unpaired) electrons. The van der Waals surface area contributed by atoms with Crippen LogP contribution >= 0.6 is 0 Å². The molecule has 0 fully saturated rings. The van der Waals surface area contributed by atoms with Crippen LogP contribution in [0.4, 0.5) is 0 Å². The largest absolute Gasteiger partial charge is 0.448 e. The Labute approximate surface area is 234 Å². The minimum Gasteiger partial charge on any atom is -0.448 e. The van der Waals surface area contributed by atoms with Gasteiger partial charge < -0.3 is 31.0 Å². The lowest BCUT2D eigenvalue weighted by atomic mass is 10.1. The van der Waals surface area contributed by atoms with E-state index in [4.69, 9.17) is 20.4 Å². The van der Waals surface area contributed by atoms with Crippen LogP contribution in [0.5, 0.6) is 0 Å². The fourth-order valence-corrected chi connectivity index (χ4v) is 3.91. The van der Waals surface area contributed by atoms with E-state index in [1.165, 1.54) is 0 Å². The second-order valence-corrected chi connectivity index (χ2v) is 9.84. The van der Waals surface area contributed by atoms with Gasteiger partial charge in [-0.3, -0.25) is 19.2 Å². The van der Waals surface area contributed by atoms with Gasteiger partial charge in [-0.25, -0.2) is 5.48 Å². The molecule has 0 aromatic heterocycles. The molecule has 6 N–H and O–H groups in total. The third-order valence-corrected chi connectivity index (χ3v) is 6.16. The molecule has 0 saturated carbocycles. The number of rotatable bonds is 26. The number of ether oxygens (including phenoxy) is 2. The van der Waals surface area contributed by atoms with E-state index in [0.717, 1.165) is 64.2 Å². The Morgan fingerprint density at radius 2 is 1.00 bits per heavy atom. The van der Waals surface area contributed by atoms with Crippen molar-refractivity contribution in [3.63, 3.8) is 0 Å². The number of hydroxylamine groups is 1. The monoisotopic (exact) mass is 558 g/mol. The van der Waals surface area contributed by atoms with Gasteiger partial charge in [0.1, 0.15) is 0 Å². The zero-order valence-electron chi connectivity index (χ0n) is 24.3. The van der Waals surface area contributed by atoms with E-state index in [1.54, 1.807) is 0 Å². The summed E-state index contributed by atoms with van der Waals surface area (Å²) < 4.78 is 11.0. The molecule has 0 aliphatic heterocycles. The van der Waals surface area contributed by atoms with Gasteiger partial charge in [-0.05, 0) is 45.1 Å². The smallest absolute Gasteiger partial charge is 0.306 e. The molecule has 2 amide bonds. The summed E-state index contributed by atoms with van der Waals surface area (Å²) in [6.45, 7) is 5.66. The van der Waals surface area contributed by atoms with Gasteiger partial charge in [-0.2, -0.15) is 0 Å². The van der Waals surface area contributed by atoms with Gasteiger partial charge in [-0.1, -0.05) is 65.2 Å². The molecule has 0 spiro atoms. The van der Waals surface area contributed by atoms with Crippen LogP contribution in [-0.4, -0.2) is 67.3 Å². The maximum absolute atomic E-state index is 12.9. The first-order chi connectivity index (χ1) is 18.9. The average molecular weight is 559 g/mol. The van der Waals surface area contributed by atoms with Crippen LogP contribution in [0.1, 0.15) is 117 Å². The molecular formula is C28H54N4O7. The van der Waals surface area contributed by atoms with Crippen molar-refractivity contribution in [3.8, 4) is 0 Å². The van der Waals surface area contributed by atoms with Crippen LogP contribution < -0.4 is 21.8 Å². The van der Waals surface area contributed by atoms with Crippen LogP contribution in [0, 0.1) is 0 Å². The molecule has 0 aromatic rings. The molecule has 11 heteroatoms. The molecular weight excluding hydrogens is 504 g/mol. The molecule has 0 heterocycles. The molecule has 2 atom stereocenters. The van der Waals surface area contributed by atoms with Gasteiger partial charge in [0.25, 0.3) is 11.8 Å². The van der Waals surface area contributed by atoms with Gasteiger partial charge >= 0.3 is 11.9 Å². The van der Waals surface area contributed by atoms with E-state index in [1.807, 2.05) is 13.8 Å². The number of nitrogens with one attached hydrogen (secondary N) is 3. The number of carbonyl (C=O) groups excluding carboxylic acids is 4. The molecule has 0 aromatic carbocycles. The van der Waals surface area contributed by atoms with Crippen molar-refractivity contribution < 1.29 is 33.9 Å². The number of nitrogens with two attached hydrogens (primary N) is 1. The van der Waals surface area contributed by atoms with Crippen molar-refractivity contribution >= 4 is 23.8 Å². The number of unbranched alkanes of at least 4 members (excludes halogenated alkanes) is 10. The van der Waals surface area contributed by atoms with Crippen LogP contribution in [0.15, 0.2) is 0 Å². The fourth-order valence-electron chi connectivity index (χ4n) is 3.91. The number of carbonyl (C=O) groups is 4. The summed E-state index contributed by atoms with van der Waals surface area (Å²) in [5, 5.41) is 13.9. The lowest BCUT2D eigenvalue weighted by Crippen LogP contribution is -2.53. The molecule has 39 heavy (non-hydrogen) atoms. The van der Waals surface area contributed by atoms with E-state index in [0.29, 0.717) is 51.9 Å². The quantitative estimate of drug-likeness (QED) is 0.0607. The number of hydrogen-bond acceptors (Lipinski definition) is 9. The lowest BCUT2D eigenvalue weighted by molar-refractivity contribution is -0.176. The van der Waals surface area contributed by atoms with Gasteiger partial charge in [0.05, 0.1) is 0 Å². The topological polar surface area (TPSA) is 169 Å². The van der Waals surface area contributed by atoms with Crippen molar-refractivity contribution in [2.45, 2.75) is 129 Å². The van der Waals surface area contributed by atoms with Crippen LogP contribution in [0.2, 0.25) is 0 Å². The Morgan fingerprint density at radius 3 is 1.38 bits per heavy atom. The van der Waals surface area contributed by atoms with Crippen LogP contribution in [0.25, 0.3) is 0 Å². The Kier molecular flexibility index (Phi) is 24.5. The van der Waals surface area contributed by atoms with E-state index in [9.17, 15) is 19.2 Å². The third-order valence-electron chi connectivity index (χ3n) is 6.16. The first-order valence-corrected chi connectivity index (χ1v) is 14.9. The predicted octanol–water partition coefficient (Wildman–Crippen LogP) is 3.26. The van der Waals surface area contributed by atoms with Crippen molar-refractivity contribution in [3.05, 3.63) is 0 Å². The van der Waals surface area contributed by atoms with Crippen molar-refractivity contribution in [1.29, 1.82) is 0 Å². The van der Waals surface area contributed by atoms with Crippen LogP contribution in [-0.2, 0) is 28.7 Å². The first-order valence-electron chi connectivity index (χ1n) is 14.9. The summed E-state index contributed by atoms with van der Waals surface area (Å²) in [6, 6.07) is 0. The number of esters is 2. The number of amides is 2. The molecule has 0 rings (SSSR count). The molecule has 0 bridgehead atoms. The van der Waals surface area contributed by atoms with E-state index < -0.39 is 36.0 Å². The van der Waals surface area contributed by atoms with Crippen LogP contribution in [0.3, 0.4) is 0 Å². The highest BCUT2D eigenvalue weighted by atomic mass is 16.6. The summed E-state index contributed by atoms with van der Waals surface area (Å²) in [5.74, 6) is -2.53. The number of hydrogen-bond donors (Lipinski definition) is 5. The standard InChI is InChI=1S/C28H54N4O7/c1-3-20-30-27(35)25(38-23(33)17-13-9-5-7-11-15-19-29)26(28(36)31-21-4-2)39-24(34)18-14-10-6-8-12-16-22-32-37/h25-26,32,37H,3-22,29H2,1-2H3,(H,30,35)(H,31,36)/t25-,26-/m1/s1. The van der Waals surface area contributed by atoms with Gasteiger partial charge in [0.2, 0.25) is 12.2 Å². The maximum atomic E-state index is 12.9. The predicted molar refractivity (Wildman–Crippen MR) is 150 cm³/mol. The molecule has 0 unspecified atom stereocenters. The first kappa shape index (κ1) is 36.8. The van der Waals surface area contributed by atoms with Gasteiger partial charge in [0, 0.05) is 32.5 Å². The minimum absolute atomic E-state index is 0.0944. The van der Waals surface area contributed by atoms with Crippen molar-refractivity contribution in [2.75, 3.05) is 26.2 Å². The fraction of sp³-hybridized carbons (Fsp3) is 0.857. The third kappa shape index (κ3) is 20.3. The zero-order valence-corrected chi connectivity index (χ0v) is 24.3. The highest BCUT2D eigenvalue weighted by Crippen LogP contribution is 2.14. The maximum Gasteiger partial charge on any atom is 0.306 e. The average Bonchev–Trinajstić information content (AvgIpc) is 2.93. The highest BCUT2D eigenvalue weighted by Gasteiger charge is 2.39. The molecule has 0 aliphatic carbocycles. The van der Waals surface area contributed by atoms with Crippen molar-refractivity contribution in [2.24, 2.45) is 5.73 Å². The summed E-state index contributed by atoms with van der Waals surface area (Å²) in [5.41, 5.74) is 7.63. The summed E-state index contributed by atoms with van der Waals surface area (Å²) in [6.07, 6.45) is 9.09. The Hall–Kier alpha value is -2.24. The molecule has 228 valence electrons. The minimum atomic E-state index is -1.56. The Morgan fingerprint density at radius 1 is 0.615 bits per heavy atom. The normalized spacial score (nSPS) is 12.4. The van der Waals surface area contributed by atoms with E-state index in [2.05, 4.69) is 16.1 Å². The van der Waals surface area contributed by atoms with Gasteiger partial charge in [-0.15, -0.1) is 0 Å². The van der Waals surface area contributed by atoms with Gasteiger partial charge in [0.15, 0.2) is 0 Å². The second kappa shape index (κ2) is 26.0. The molecule has 0 saturated heterocycles. The molecule has 0 aliphatic rings. The Balaban J connectivity index is 5.10. The summed E-state index contributed by atoms with van der Waals surface area (Å²) in [4.78, 5) is 51.1. The summed E-state index contributed by atoms with van der Waals surface area (Å²) >= 11 is 0. The van der Waals surface area contributed by atoms with Crippen molar-refractivity contribution in [1.82, 2.24) is 16.1 Å².